The third-order valence-corrected chi connectivity index (χ3v) is 3.29. The van der Waals surface area contributed by atoms with Gasteiger partial charge in [0.2, 0.25) is 0 Å². The summed E-state index contributed by atoms with van der Waals surface area (Å²) >= 11 is 4.49. The van der Waals surface area contributed by atoms with E-state index in [1.807, 2.05) is 0 Å². The molecule has 0 aromatic carbocycles. The molecule has 0 saturated carbocycles. The van der Waals surface area contributed by atoms with E-state index < -0.39 is 0 Å². The number of hydrogen-bond donors (Lipinski definition) is 1. The van der Waals surface area contributed by atoms with Crippen LogP contribution in [0.15, 0.2) is 11.1 Å². The highest BCUT2D eigenvalue weighted by molar-refractivity contribution is 7.80. The van der Waals surface area contributed by atoms with Crippen molar-refractivity contribution >= 4 is 12.6 Å². The summed E-state index contributed by atoms with van der Waals surface area (Å²) in [5, 5.41) is 0.568. The molecule has 0 bridgehead atoms. The van der Waals surface area contributed by atoms with Gasteiger partial charge in [-0.1, -0.05) is 18.1 Å². The van der Waals surface area contributed by atoms with Crippen molar-refractivity contribution < 1.29 is 0 Å². The fraction of sp³-hybridized carbons (Fsp3) is 0.800. The minimum Gasteiger partial charge on any atom is -0.176 e. The highest BCUT2D eigenvalue weighted by Gasteiger charge is 2.19. The van der Waals surface area contributed by atoms with Gasteiger partial charge in [0.15, 0.2) is 0 Å². The first kappa shape index (κ1) is 9.18. The molecule has 0 amide bonds. The van der Waals surface area contributed by atoms with Crippen LogP contribution in [0.1, 0.15) is 40.0 Å². The van der Waals surface area contributed by atoms with Gasteiger partial charge < -0.3 is 0 Å². The summed E-state index contributed by atoms with van der Waals surface area (Å²) < 4.78 is 0. The average Bonchev–Trinajstić information content (AvgIpc) is 1.94. The van der Waals surface area contributed by atoms with Gasteiger partial charge in [0.05, 0.1) is 0 Å². The third-order valence-electron chi connectivity index (χ3n) is 2.87. The molecule has 0 spiro atoms. The number of hydrogen-bond acceptors (Lipinski definition) is 1. The molecule has 1 heteroatoms. The maximum absolute atomic E-state index is 4.49. The number of thiol groups is 1. The molecule has 0 heterocycles. The summed E-state index contributed by atoms with van der Waals surface area (Å²) in [4.78, 5) is 0. The monoisotopic (exact) mass is 170 g/mol. The zero-order chi connectivity index (χ0) is 8.43. The molecular formula is C10H18S. The minimum absolute atomic E-state index is 0.568. The Bertz CT molecular complexity index is 168. The Balaban J connectivity index is 2.57. The smallest absolute Gasteiger partial charge is 0.00199 e. The molecule has 0 aliphatic heterocycles. The van der Waals surface area contributed by atoms with Gasteiger partial charge in [0.25, 0.3) is 0 Å². The van der Waals surface area contributed by atoms with Crippen LogP contribution >= 0.6 is 12.6 Å². The molecule has 11 heavy (non-hydrogen) atoms. The molecule has 64 valence electrons. The van der Waals surface area contributed by atoms with E-state index in [1.165, 1.54) is 19.3 Å². The highest BCUT2D eigenvalue weighted by Crippen LogP contribution is 2.32. The van der Waals surface area contributed by atoms with Crippen molar-refractivity contribution in [2.75, 3.05) is 0 Å². The molecule has 2 unspecified atom stereocenters. The van der Waals surface area contributed by atoms with E-state index in [4.69, 9.17) is 0 Å². The summed E-state index contributed by atoms with van der Waals surface area (Å²) in [7, 11) is 0. The van der Waals surface area contributed by atoms with Gasteiger partial charge in [-0.2, -0.15) is 12.6 Å². The molecule has 0 aromatic heterocycles. The Hall–Kier alpha value is 0.0900. The molecule has 2 atom stereocenters. The second-order valence-electron chi connectivity index (χ2n) is 3.80. The molecule has 1 aliphatic rings. The predicted molar refractivity (Wildman–Crippen MR) is 54.2 cm³/mol. The second-order valence-corrected chi connectivity index (χ2v) is 4.62. The zero-order valence-corrected chi connectivity index (χ0v) is 8.62. The maximum Gasteiger partial charge on any atom is 0.00199 e. The van der Waals surface area contributed by atoms with Crippen molar-refractivity contribution in [1.82, 2.24) is 0 Å². The zero-order valence-electron chi connectivity index (χ0n) is 7.72. The van der Waals surface area contributed by atoms with Gasteiger partial charge in [0.1, 0.15) is 0 Å². The predicted octanol–water partition coefficient (Wildman–Crippen LogP) is 3.44. The van der Waals surface area contributed by atoms with E-state index >= 15 is 0 Å². The second kappa shape index (κ2) is 3.66. The van der Waals surface area contributed by atoms with E-state index in [1.54, 1.807) is 11.1 Å². The molecule has 1 aliphatic carbocycles. The van der Waals surface area contributed by atoms with Crippen LogP contribution in [0.3, 0.4) is 0 Å². The van der Waals surface area contributed by atoms with Gasteiger partial charge in [-0.05, 0) is 39.0 Å². The fourth-order valence-corrected chi connectivity index (χ4v) is 1.95. The average molecular weight is 170 g/mol. The van der Waals surface area contributed by atoms with Crippen LogP contribution in [0.25, 0.3) is 0 Å². The maximum atomic E-state index is 4.49. The van der Waals surface area contributed by atoms with Crippen LogP contribution in [0.4, 0.5) is 0 Å². The molecule has 0 N–H and O–H groups in total. The van der Waals surface area contributed by atoms with Gasteiger partial charge in [-0.15, -0.1) is 0 Å². The Morgan fingerprint density at radius 3 is 2.45 bits per heavy atom. The van der Waals surface area contributed by atoms with Crippen LogP contribution in [0.5, 0.6) is 0 Å². The Labute approximate surface area is 75.5 Å². The first-order chi connectivity index (χ1) is 5.11. The van der Waals surface area contributed by atoms with Gasteiger partial charge in [0, 0.05) is 5.25 Å². The van der Waals surface area contributed by atoms with Gasteiger partial charge in [-0.3, -0.25) is 0 Å². The molecule has 0 fully saturated rings. The SMILES string of the molecule is CC1=C(C)CC(C(C)S)CC1. The lowest BCUT2D eigenvalue weighted by atomic mass is 9.83. The normalized spacial score (nSPS) is 28.9. The number of allylic oxidation sites excluding steroid dienone is 2. The fourth-order valence-electron chi connectivity index (χ4n) is 1.70. The first-order valence-corrected chi connectivity index (χ1v) is 4.96. The lowest BCUT2D eigenvalue weighted by Crippen LogP contribution is -2.16. The summed E-state index contributed by atoms with van der Waals surface area (Å²) in [6.45, 7) is 6.73. The van der Waals surface area contributed by atoms with Crippen LogP contribution in [-0.4, -0.2) is 5.25 Å². The van der Waals surface area contributed by atoms with Crippen molar-refractivity contribution in [1.29, 1.82) is 0 Å². The number of rotatable bonds is 1. The molecule has 0 aromatic rings. The summed E-state index contributed by atoms with van der Waals surface area (Å²) in [6, 6.07) is 0. The molecule has 0 radical (unpaired) electrons. The molecular weight excluding hydrogens is 152 g/mol. The standard InChI is InChI=1S/C10H18S/c1-7-4-5-10(9(3)11)6-8(7)2/h9-11H,4-6H2,1-3H3. The van der Waals surface area contributed by atoms with Crippen molar-refractivity contribution in [2.24, 2.45) is 5.92 Å². The van der Waals surface area contributed by atoms with Crippen LogP contribution in [0.2, 0.25) is 0 Å². The van der Waals surface area contributed by atoms with E-state index in [9.17, 15) is 0 Å². The topological polar surface area (TPSA) is 0 Å². The van der Waals surface area contributed by atoms with Crippen LogP contribution < -0.4 is 0 Å². The minimum atomic E-state index is 0.568. The summed E-state index contributed by atoms with van der Waals surface area (Å²) in [5.74, 6) is 0.821. The van der Waals surface area contributed by atoms with Crippen molar-refractivity contribution in [3.05, 3.63) is 11.1 Å². The lowest BCUT2D eigenvalue weighted by molar-refractivity contribution is 0.453. The quantitative estimate of drug-likeness (QED) is 0.452. The van der Waals surface area contributed by atoms with E-state index in [0.717, 1.165) is 5.92 Å². The third kappa shape index (κ3) is 2.26. The highest BCUT2D eigenvalue weighted by atomic mass is 32.1. The van der Waals surface area contributed by atoms with E-state index in [0.29, 0.717) is 5.25 Å². The van der Waals surface area contributed by atoms with E-state index in [-0.39, 0.29) is 0 Å². The van der Waals surface area contributed by atoms with Crippen molar-refractivity contribution in [2.45, 2.75) is 45.3 Å². The Morgan fingerprint density at radius 2 is 2.00 bits per heavy atom. The van der Waals surface area contributed by atoms with Crippen LogP contribution in [-0.2, 0) is 0 Å². The lowest BCUT2D eigenvalue weighted by Gasteiger charge is -2.26. The Kier molecular flexibility index (Phi) is 3.06. The molecule has 1 rings (SSSR count). The first-order valence-electron chi connectivity index (χ1n) is 4.44. The molecule has 0 saturated heterocycles. The Morgan fingerprint density at radius 1 is 1.36 bits per heavy atom. The van der Waals surface area contributed by atoms with Crippen molar-refractivity contribution in [3.63, 3.8) is 0 Å². The van der Waals surface area contributed by atoms with Gasteiger partial charge in [-0.25, -0.2) is 0 Å². The summed E-state index contributed by atoms with van der Waals surface area (Å²) in [6.07, 6.45) is 3.91. The van der Waals surface area contributed by atoms with Crippen LogP contribution in [0, 0.1) is 5.92 Å². The largest absolute Gasteiger partial charge is 0.176 e. The van der Waals surface area contributed by atoms with E-state index in [2.05, 4.69) is 33.4 Å². The summed E-state index contributed by atoms with van der Waals surface area (Å²) in [5.41, 5.74) is 3.21. The van der Waals surface area contributed by atoms with Crippen molar-refractivity contribution in [3.8, 4) is 0 Å². The van der Waals surface area contributed by atoms with Gasteiger partial charge >= 0.3 is 0 Å². The molecule has 0 nitrogen and oxygen atoms in total.